The molecule has 2 heterocycles. The fourth-order valence-corrected chi connectivity index (χ4v) is 4.17. The van der Waals surface area contributed by atoms with Gasteiger partial charge in [0.05, 0.1) is 12.0 Å². The molecule has 0 bridgehead atoms. The van der Waals surface area contributed by atoms with Gasteiger partial charge >= 0.3 is 0 Å². The van der Waals surface area contributed by atoms with Crippen LogP contribution >= 0.6 is 0 Å². The van der Waals surface area contributed by atoms with E-state index in [4.69, 9.17) is 0 Å². The number of imidazole rings is 1. The highest BCUT2D eigenvalue weighted by Crippen LogP contribution is 2.60. The van der Waals surface area contributed by atoms with Crippen LogP contribution in [0.25, 0.3) is 0 Å². The number of aromatic nitrogens is 2. The molecule has 0 unspecified atom stereocenters. The standard InChI is InChI=1S/C19H29N3O/c1-13(2)11-16-17(19(16,4)5)18(23)21-9-6-7-15(12-21)22-10-8-20-14(22)3/h8,10-11,15-17H,6-7,9,12H2,1-5H3/t15-,16+,17-/m0/s1. The minimum absolute atomic E-state index is 0.103. The van der Waals surface area contributed by atoms with Crippen molar-refractivity contribution in [3.05, 3.63) is 29.9 Å². The number of hydrogen-bond donors (Lipinski definition) is 0. The zero-order valence-electron chi connectivity index (χ0n) is 15.0. The Bertz CT molecular complexity index is 624. The number of carbonyl (C=O) groups is 1. The molecule has 1 amide bonds. The van der Waals surface area contributed by atoms with Gasteiger partial charge in [0.2, 0.25) is 5.91 Å². The lowest BCUT2D eigenvalue weighted by atomic mass is 10.0. The van der Waals surface area contributed by atoms with Crippen molar-refractivity contribution in [3.63, 3.8) is 0 Å². The maximum absolute atomic E-state index is 13.0. The number of carbonyl (C=O) groups excluding carboxylic acids is 1. The van der Waals surface area contributed by atoms with Crippen LogP contribution in [0.4, 0.5) is 0 Å². The van der Waals surface area contributed by atoms with Gasteiger partial charge in [-0.1, -0.05) is 25.5 Å². The summed E-state index contributed by atoms with van der Waals surface area (Å²) in [6.07, 6.45) is 8.39. The second-order valence-corrected chi connectivity index (χ2v) is 8.03. The highest BCUT2D eigenvalue weighted by atomic mass is 16.2. The molecule has 0 N–H and O–H groups in total. The van der Waals surface area contributed by atoms with Crippen LogP contribution in [-0.4, -0.2) is 33.4 Å². The summed E-state index contributed by atoms with van der Waals surface area (Å²) in [4.78, 5) is 19.5. The van der Waals surface area contributed by atoms with Gasteiger partial charge in [-0.25, -0.2) is 4.98 Å². The van der Waals surface area contributed by atoms with Crippen molar-refractivity contribution in [2.75, 3.05) is 13.1 Å². The normalized spacial score (nSPS) is 29.3. The first kappa shape index (κ1) is 16.3. The number of likely N-dealkylation sites (tertiary alicyclic amines) is 1. The maximum atomic E-state index is 13.0. The molecule has 0 aromatic carbocycles. The number of hydrogen-bond acceptors (Lipinski definition) is 2. The molecule has 1 aliphatic heterocycles. The van der Waals surface area contributed by atoms with Gasteiger partial charge in [-0.05, 0) is 44.9 Å². The van der Waals surface area contributed by atoms with E-state index >= 15 is 0 Å². The molecule has 4 heteroatoms. The van der Waals surface area contributed by atoms with Crippen LogP contribution in [0.15, 0.2) is 24.0 Å². The van der Waals surface area contributed by atoms with E-state index in [2.05, 4.69) is 48.2 Å². The van der Waals surface area contributed by atoms with E-state index in [1.165, 1.54) is 5.57 Å². The van der Waals surface area contributed by atoms with E-state index in [0.717, 1.165) is 31.8 Å². The summed E-state index contributed by atoms with van der Waals surface area (Å²) in [6.45, 7) is 12.4. The van der Waals surface area contributed by atoms with Gasteiger partial charge in [0.1, 0.15) is 5.82 Å². The Morgan fingerprint density at radius 3 is 2.74 bits per heavy atom. The highest BCUT2D eigenvalue weighted by Gasteiger charge is 2.61. The summed E-state index contributed by atoms with van der Waals surface area (Å²) >= 11 is 0. The van der Waals surface area contributed by atoms with Gasteiger partial charge in [0.25, 0.3) is 0 Å². The van der Waals surface area contributed by atoms with Crippen molar-refractivity contribution >= 4 is 5.91 Å². The molecule has 1 saturated heterocycles. The van der Waals surface area contributed by atoms with Gasteiger partial charge in [-0.15, -0.1) is 0 Å². The first-order valence-electron chi connectivity index (χ1n) is 8.75. The van der Waals surface area contributed by atoms with Crippen LogP contribution in [0.5, 0.6) is 0 Å². The van der Waals surface area contributed by atoms with Crippen molar-refractivity contribution in [1.29, 1.82) is 0 Å². The quantitative estimate of drug-likeness (QED) is 0.799. The zero-order chi connectivity index (χ0) is 16.8. The predicted molar refractivity (Wildman–Crippen MR) is 92.0 cm³/mol. The average Bonchev–Trinajstić information content (AvgIpc) is 2.83. The molecule has 1 aromatic rings. The molecule has 1 aliphatic carbocycles. The van der Waals surface area contributed by atoms with E-state index in [1.807, 2.05) is 19.3 Å². The first-order chi connectivity index (χ1) is 10.8. The van der Waals surface area contributed by atoms with Crippen molar-refractivity contribution in [2.45, 2.75) is 53.5 Å². The van der Waals surface area contributed by atoms with Crippen LogP contribution in [0.3, 0.4) is 0 Å². The predicted octanol–water partition coefficient (Wildman–Crippen LogP) is 3.59. The third-order valence-corrected chi connectivity index (χ3v) is 5.65. The lowest BCUT2D eigenvalue weighted by Gasteiger charge is -2.34. The molecule has 1 saturated carbocycles. The Balaban J connectivity index is 1.71. The maximum Gasteiger partial charge on any atom is 0.226 e. The Morgan fingerprint density at radius 2 is 2.13 bits per heavy atom. The molecule has 0 radical (unpaired) electrons. The van der Waals surface area contributed by atoms with Crippen LogP contribution < -0.4 is 0 Å². The fourth-order valence-electron chi connectivity index (χ4n) is 4.17. The number of rotatable bonds is 3. The second kappa shape index (κ2) is 5.81. The third-order valence-electron chi connectivity index (χ3n) is 5.65. The molecule has 3 rings (SSSR count). The molecule has 23 heavy (non-hydrogen) atoms. The number of amides is 1. The van der Waals surface area contributed by atoms with Crippen LogP contribution in [-0.2, 0) is 4.79 Å². The van der Waals surface area contributed by atoms with Gasteiger partial charge < -0.3 is 9.47 Å². The van der Waals surface area contributed by atoms with E-state index in [-0.39, 0.29) is 11.3 Å². The zero-order valence-corrected chi connectivity index (χ0v) is 15.0. The monoisotopic (exact) mass is 315 g/mol. The summed E-state index contributed by atoms with van der Waals surface area (Å²) in [5.74, 6) is 1.94. The second-order valence-electron chi connectivity index (χ2n) is 8.03. The van der Waals surface area contributed by atoms with Gasteiger partial charge in [0.15, 0.2) is 0 Å². The fraction of sp³-hybridized carbons (Fsp3) is 0.684. The van der Waals surface area contributed by atoms with E-state index < -0.39 is 0 Å². The number of aryl methyl sites for hydroxylation is 1. The molecule has 2 aliphatic rings. The molecule has 0 spiro atoms. The highest BCUT2D eigenvalue weighted by molar-refractivity contribution is 5.84. The van der Waals surface area contributed by atoms with Gasteiger partial charge in [-0.3, -0.25) is 4.79 Å². The molecule has 2 fully saturated rings. The molecule has 1 aromatic heterocycles. The van der Waals surface area contributed by atoms with Crippen molar-refractivity contribution < 1.29 is 4.79 Å². The third kappa shape index (κ3) is 2.96. The summed E-state index contributed by atoms with van der Waals surface area (Å²) in [6, 6.07) is 0.374. The lowest BCUT2D eigenvalue weighted by Crippen LogP contribution is -2.42. The molecule has 4 nitrogen and oxygen atoms in total. The minimum Gasteiger partial charge on any atom is -0.340 e. The van der Waals surface area contributed by atoms with Crippen molar-refractivity contribution in [1.82, 2.24) is 14.5 Å². The number of allylic oxidation sites excluding steroid dienone is 2. The van der Waals surface area contributed by atoms with Crippen molar-refractivity contribution in [3.8, 4) is 0 Å². The van der Waals surface area contributed by atoms with E-state index in [0.29, 0.717) is 17.9 Å². The number of piperidine rings is 1. The molecule has 126 valence electrons. The Morgan fingerprint density at radius 1 is 1.39 bits per heavy atom. The number of nitrogens with zero attached hydrogens (tertiary/aromatic N) is 3. The van der Waals surface area contributed by atoms with Gasteiger partial charge in [-0.2, -0.15) is 0 Å². The van der Waals surface area contributed by atoms with Crippen LogP contribution in [0.1, 0.15) is 52.4 Å². The topological polar surface area (TPSA) is 38.1 Å². The summed E-state index contributed by atoms with van der Waals surface area (Å²) in [5.41, 5.74) is 1.41. The summed E-state index contributed by atoms with van der Waals surface area (Å²) in [7, 11) is 0. The average molecular weight is 315 g/mol. The van der Waals surface area contributed by atoms with Gasteiger partial charge in [0, 0.05) is 25.5 Å². The van der Waals surface area contributed by atoms with E-state index in [9.17, 15) is 4.79 Å². The lowest BCUT2D eigenvalue weighted by molar-refractivity contribution is -0.135. The summed E-state index contributed by atoms with van der Waals surface area (Å²) in [5, 5.41) is 0. The van der Waals surface area contributed by atoms with Crippen molar-refractivity contribution in [2.24, 2.45) is 17.3 Å². The van der Waals surface area contributed by atoms with E-state index in [1.54, 1.807) is 0 Å². The molecular weight excluding hydrogens is 286 g/mol. The largest absolute Gasteiger partial charge is 0.340 e. The molecule has 3 atom stereocenters. The molecular formula is C19H29N3O. The Hall–Kier alpha value is -1.58. The smallest absolute Gasteiger partial charge is 0.226 e. The SMILES string of the molecule is CC(C)=C[C@@H]1[C@@H](C(=O)N2CCC[C@H](n3ccnc3C)C2)C1(C)C. The van der Waals surface area contributed by atoms with Crippen LogP contribution in [0.2, 0.25) is 0 Å². The summed E-state index contributed by atoms with van der Waals surface area (Å²) < 4.78 is 2.23. The Kier molecular flexibility index (Phi) is 4.11. The first-order valence-corrected chi connectivity index (χ1v) is 8.75. The van der Waals surface area contributed by atoms with Crippen LogP contribution in [0, 0.1) is 24.2 Å². The Labute approximate surface area is 139 Å². The minimum atomic E-state index is 0.103.